The van der Waals surface area contributed by atoms with E-state index >= 15 is 0 Å². The molecule has 104 valence electrons. The maximum Gasteiger partial charge on any atom is 0.348 e. The standard InChI is InChI=1S/C14H20N2O3/c1-3-11-10(8-13(17)18)12(4-2)16(14(19)15-11)9-6-5-7-9/h9H,3-8H2,1-2H3,(H,17,18). The Morgan fingerprint density at radius 3 is 2.47 bits per heavy atom. The van der Waals surface area contributed by atoms with Gasteiger partial charge >= 0.3 is 11.7 Å². The molecule has 2 rings (SSSR count). The summed E-state index contributed by atoms with van der Waals surface area (Å²) in [5.41, 5.74) is 2.03. The summed E-state index contributed by atoms with van der Waals surface area (Å²) in [5, 5.41) is 9.06. The van der Waals surface area contributed by atoms with Crippen LogP contribution in [0.4, 0.5) is 0 Å². The van der Waals surface area contributed by atoms with Crippen LogP contribution in [-0.4, -0.2) is 20.6 Å². The number of carboxylic acid groups (broad SMARTS) is 1. The van der Waals surface area contributed by atoms with Crippen LogP contribution in [0.1, 0.15) is 56.1 Å². The minimum absolute atomic E-state index is 0.0493. The molecule has 0 bridgehead atoms. The second kappa shape index (κ2) is 5.55. The van der Waals surface area contributed by atoms with Crippen LogP contribution in [0.5, 0.6) is 0 Å². The van der Waals surface area contributed by atoms with E-state index in [0.717, 1.165) is 30.5 Å². The summed E-state index contributed by atoms with van der Waals surface area (Å²) in [7, 11) is 0. The summed E-state index contributed by atoms with van der Waals surface area (Å²) in [5.74, 6) is -0.870. The Morgan fingerprint density at radius 1 is 1.37 bits per heavy atom. The number of hydrogen-bond donors (Lipinski definition) is 1. The van der Waals surface area contributed by atoms with Gasteiger partial charge in [-0.2, -0.15) is 4.98 Å². The maximum atomic E-state index is 12.2. The molecular formula is C14H20N2O3. The molecule has 1 aliphatic rings. The quantitative estimate of drug-likeness (QED) is 0.879. The summed E-state index contributed by atoms with van der Waals surface area (Å²) < 4.78 is 1.74. The highest BCUT2D eigenvalue weighted by Gasteiger charge is 2.26. The third-order valence-electron chi connectivity index (χ3n) is 3.86. The van der Waals surface area contributed by atoms with Crippen molar-refractivity contribution in [1.82, 2.24) is 9.55 Å². The molecule has 0 unspecified atom stereocenters. The van der Waals surface area contributed by atoms with Gasteiger partial charge in [0.15, 0.2) is 0 Å². The predicted molar refractivity (Wildman–Crippen MR) is 71.5 cm³/mol. The summed E-state index contributed by atoms with van der Waals surface area (Å²) in [6.07, 6.45) is 4.33. The van der Waals surface area contributed by atoms with Gasteiger partial charge in [-0.1, -0.05) is 13.8 Å². The first-order valence-corrected chi connectivity index (χ1v) is 6.93. The molecule has 0 radical (unpaired) electrons. The lowest BCUT2D eigenvalue weighted by molar-refractivity contribution is -0.136. The number of rotatable bonds is 5. The van der Waals surface area contributed by atoms with Crippen LogP contribution in [0.25, 0.3) is 0 Å². The van der Waals surface area contributed by atoms with E-state index in [1.165, 1.54) is 0 Å². The highest BCUT2D eigenvalue weighted by Crippen LogP contribution is 2.32. The molecule has 0 amide bonds. The van der Waals surface area contributed by atoms with Gasteiger partial charge in [0.1, 0.15) is 0 Å². The average molecular weight is 264 g/mol. The molecule has 0 saturated heterocycles. The summed E-state index contributed by atoms with van der Waals surface area (Å²) >= 11 is 0. The molecule has 5 nitrogen and oxygen atoms in total. The van der Waals surface area contributed by atoms with E-state index in [4.69, 9.17) is 5.11 Å². The van der Waals surface area contributed by atoms with Crippen molar-refractivity contribution in [3.05, 3.63) is 27.4 Å². The Labute approximate surface area is 112 Å². The van der Waals surface area contributed by atoms with Gasteiger partial charge in [-0.25, -0.2) is 4.79 Å². The molecule has 0 aromatic carbocycles. The molecule has 1 saturated carbocycles. The van der Waals surface area contributed by atoms with E-state index in [0.29, 0.717) is 18.5 Å². The second-order valence-corrected chi connectivity index (χ2v) is 5.00. The van der Waals surface area contributed by atoms with Crippen LogP contribution in [-0.2, 0) is 24.1 Å². The first-order valence-electron chi connectivity index (χ1n) is 6.93. The zero-order valence-electron chi connectivity index (χ0n) is 11.5. The van der Waals surface area contributed by atoms with E-state index in [1.54, 1.807) is 4.57 Å². The molecule has 1 aliphatic carbocycles. The molecule has 19 heavy (non-hydrogen) atoms. The molecule has 5 heteroatoms. The molecular weight excluding hydrogens is 244 g/mol. The van der Waals surface area contributed by atoms with E-state index < -0.39 is 5.97 Å². The molecule has 0 spiro atoms. The zero-order valence-corrected chi connectivity index (χ0v) is 11.5. The van der Waals surface area contributed by atoms with E-state index in [-0.39, 0.29) is 18.2 Å². The van der Waals surface area contributed by atoms with Crippen molar-refractivity contribution in [2.45, 2.75) is 58.4 Å². The Bertz CT molecular complexity index is 544. The molecule has 1 aromatic heterocycles. The van der Waals surface area contributed by atoms with Crippen molar-refractivity contribution in [1.29, 1.82) is 0 Å². The van der Waals surface area contributed by atoms with Crippen LogP contribution in [0.3, 0.4) is 0 Å². The van der Waals surface area contributed by atoms with Gasteiger partial charge in [-0.3, -0.25) is 9.36 Å². The summed E-state index contributed by atoms with van der Waals surface area (Å²) in [6, 6.07) is 0.216. The SMILES string of the molecule is CCc1nc(=O)n(C2CCC2)c(CC)c1CC(=O)O. The van der Waals surface area contributed by atoms with Crippen molar-refractivity contribution < 1.29 is 9.90 Å². The third-order valence-corrected chi connectivity index (χ3v) is 3.86. The molecule has 0 atom stereocenters. The zero-order chi connectivity index (χ0) is 14.0. The molecule has 1 fully saturated rings. The number of carbonyl (C=O) groups is 1. The third kappa shape index (κ3) is 2.55. The lowest BCUT2D eigenvalue weighted by Gasteiger charge is -2.31. The van der Waals surface area contributed by atoms with E-state index in [1.807, 2.05) is 13.8 Å². The number of hydrogen-bond acceptors (Lipinski definition) is 3. The Morgan fingerprint density at radius 2 is 2.05 bits per heavy atom. The number of nitrogens with zero attached hydrogens (tertiary/aromatic N) is 2. The fourth-order valence-electron chi connectivity index (χ4n) is 2.72. The van der Waals surface area contributed by atoms with Gasteiger partial charge < -0.3 is 5.11 Å². The topological polar surface area (TPSA) is 72.2 Å². The second-order valence-electron chi connectivity index (χ2n) is 5.00. The number of aromatic nitrogens is 2. The van der Waals surface area contributed by atoms with Gasteiger partial charge in [-0.05, 0) is 32.1 Å². The van der Waals surface area contributed by atoms with Crippen LogP contribution < -0.4 is 5.69 Å². The van der Waals surface area contributed by atoms with Gasteiger partial charge in [0.2, 0.25) is 0 Å². The lowest BCUT2D eigenvalue weighted by atomic mass is 9.91. The monoisotopic (exact) mass is 264 g/mol. The van der Waals surface area contributed by atoms with E-state index in [2.05, 4.69) is 4.98 Å². The first kappa shape index (κ1) is 13.8. The fraction of sp³-hybridized carbons (Fsp3) is 0.643. The van der Waals surface area contributed by atoms with Crippen molar-refractivity contribution >= 4 is 5.97 Å². The number of aryl methyl sites for hydroxylation is 1. The predicted octanol–water partition coefficient (Wildman–Crippen LogP) is 1.72. The van der Waals surface area contributed by atoms with Crippen LogP contribution >= 0.6 is 0 Å². The molecule has 0 aliphatic heterocycles. The summed E-state index contributed by atoms with van der Waals surface area (Å²) in [6.45, 7) is 3.87. The minimum atomic E-state index is -0.870. The smallest absolute Gasteiger partial charge is 0.348 e. The van der Waals surface area contributed by atoms with Crippen molar-refractivity contribution in [2.24, 2.45) is 0 Å². The molecule has 1 N–H and O–H groups in total. The number of carboxylic acids is 1. The summed E-state index contributed by atoms with van der Waals surface area (Å²) in [4.78, 5) is 27.3. The Hall–Kier alpha value is -1.65. The van der Waals surface area contributed by atoms with Crippen LogP contribution in [0.15, 0.2) is 4.79 Å². The highest BCUT2D eigenvalue weighted by atomic mass is 16.4. The van der Waals surface area contributed by atoms with Gasteiger partial charge in [0, 0.05) is 17.3 Å². The van der Waals surface area contributed by atoms with Gasteiger partial charge in [-0.15, -0.1) is 0 Å². The highest BCUT2D eigenvalue weighted by molar-refractivity contribution is 5.71. The fourth-order valence-corrected chi connectivity index (χ4v) is 2.72. The lowest BCUT2D eigenvalue weighted by Crippen LogP contribution is -2.35. The maximum absolute atomic E-state index is 12.2. The molecule has 1 aromatic rings. The van der Waals surface area contributed by atoms with Crippen molar-refractivity contribution in [3.8, 4) is 0 Å². The number of aliphatic carboxylic acids is 1. The van der Waals surface area contributed by atoms with Crippen molar-refractivity contribution in [2.75, 3.05) is 0 Å². The Balaban J connectivity index is 2.60. The van der Waals surface area contributed by atoms with Crippen molar-refractivity contribution in [3.63, 3.8) is 0 Å². The van der Waals surface area contributed by atoms with E-state index in [9.17, 15) is 9.59 Å². The normalized spacial score (nSPS) is 15.3. The average Bonchev–Trinajstić information content (AvgIpc) is 2.30. The van der Waals surface area contributed by atoms with Gasteiger partial charge in [0.25, 0.3) is 0 Å². The largest absolute Gasteiger partial charge is 0.481 e. The minimum Gasteiger partial charge on any atom is -0.481 e. The van der Waals surface area contributed by atoms with Crippen LogP contribution in [0, 0.1) is 0 Å². The van der Waals surface area contributed by atoms with Crippen LogP contribution in [0.2, 0.25) is 0 Å². The molecule has 1 heterocycles. The first-order chi connectivity index (χ1) is 9.08. The van der Waals surface area contributed by atoms with Gasteiger partial charge in [0.05, 0.1) is 12.1 Å². The Kier molecular flexibility index (Phi) is 4.02.